The number of pyridine rings is 1. The van der Waals surface area contributed by atoms with Crippen LogP contribution in [0.25, 0.3) is 0 Å². The molecule has 0 aliphatic carbocycles. The van der Waals surface area contributed by atoms with Crippen molar-refractivity contribution in [3.63, 3.8) is 0 Å². The lowest BCUT2D eigenvalue weighted by Gasteiger charge is -2.34. The minimum absolute atomic E-state index is 0. The Morgan fingerprint density at radius 1 is 1.04 bits per heavy atom. The highest BCUT2D eigenvalue weighted by atomic mass is 35.5. The largest absolute Gasteiger partial charge is 0.484 e. The van der Waals surface area contributed by atoms with Crippen LogP contribution < -0.4 is 4.74 Å². The summed E-state index contributed by atoms with van der Waals surface area (Å²) < 4.78 is 5.54. The van der Waals surface area contributed by atoms with Gasteiger partial charge in [-0.15, -0.1) is 12.4 Å². The highest BCUT2D eigenvalue weighted by molar-refractivity contribution is 6.30. The second-order valence-electron chi connectivity index (χ2n) is 6.07. The molecule has 0 spiro atoms. The second-order valence-corrected chi connectivity index (χ2v) is 6.51. The van der Waals surface area contributed by atoms with E-state index in [0.29, 0.717) is 10.8 Å². The van der Waals surface area contributed by atoms with Crippen molar-refractivity contribution in [2.75, 3.05) is 39.3 Å². The van der Waals surface area contributed by atoms with Crippen LogP contribution in [0.2, 0.25) is 5.02 Å². The zero-order chi connectivity index (χ0) is 17.5. The smallest absolute Gasteiger partial charge is 0.260 e. The second kappa shape index (κ2) is 10.4. The third kappa shape index (κ3) is 6.16. The quantitative estimate of drug-likeness (QED) is 0.754. The van der Waals surface area contributed by atoms with Crippen LogP contribution in [0.5, 0.6) is 5.75 Å². The van der Waals surface area contributed by atoms with Crippen molar-refractivity contribution in [3.05, 3.63) is 59.4 Å². The van der Waals surface area contributed by atoms with Crippen LogP contribution in [0.1, 0.15) is 5.56 Å². The summed E-state index contributed by atoms with van der Waals surface area (Å²) >= 11 is 5.84. The average molecular weight is 396 g/mol. The van der Waals surface area contributed by atoms with Gasteiger partial charge in [0.15, 0.2) is 6.61 Å². The van der Waals surface area contributed by atoms with Gasteiger partial charge in [-0.05, 0) is 48.4 Å². The molecule has 1 aliphatic rings. The fourth-order valence-electron chi connectivity index (χ4n) is 2.82. The number of amides is 1. The Labute approximate surface area is 165 Å². The first kappa shape index (κ1) is 20.5. The molecular weight excluding hydrogens is 373 g/mol. The molecule has 1 saturated heterocycles. The van der Waals surface area contributed by atoms with Crippen molar-refractivity contribution < 1.29 is 9.53 Å². The predicted octanol–water partition coefficient (Wildman–Crippen LogP) is 2.92. The minimum atomic E-state index is 0. The van der Waals surface area contributed by atoms with Crippen LogP contribution in [-0.4, -0.2) is 60.0 Å². The van der Waals surface area contributed by atoms with E-state index < -0.39 is 0 Å². The third-order valence-corrected chi connectivity index (χ3v) is 4.62. The van der Waals surface area contributed by atoms with Crippen molar-refractivity contribution in [3.8, 4) is 5.75 Å². The molecule has 1 aromatic heterocycles. The highest BCUT2D eigenvalue weighted by Crippen LogP contribution is 2.15. The molecule has 0 bridgehead atoms. The van der Waals surface area contributed by atoms with Crippen LogP contribution in [0.3, 0.4) is 0 Å². The molecule has 1 fully saturated rings. The molecule has 1 aromatic carbocycles. The Bertz CT molecular complexity index is 675. The molecule has 0 atom stereocenters. The summed E-state index contributed by atoms with van der Waals surface area (Å²) in [5, 5.41) is 0.654. The van der Waals surface area contributed by atoms with E-state index in [1.54, 1.807) is 24.3 Å². The molecule has 3 rings (SSSR count). The molecule has 140 valence electrons. The van der Waals surface area contributed by atoms with Gasteiger partial charge >= 0.3 is 0 Å². The summed E-state index contributed by atoms with van der Waals surface area (Å²) in [5.41, 5.74) is 1.30. The van der Waals surface area contributed by atoms with Gasteiger partial charge in [-0.25, -0.2) is 0 Å². The predicted molar refractivity (Wildman–Crippen MR) is 105 cm³/mol. The highest BCUT2D eigenvalue weighted by Gasteiger charge is 2.21. The van der Waals surface area contributed by atoms with Gasteiger partial charge in [0.1, 0.15) is 5.75 Å². The zero-order valence-electron chi connectivity index (χ0n) is 14.5. The lowest BCUT2D eigenvalue weighted by molar-refractivity contribution is -0.135. The summed E-state index contributed by atoms with van der Waals surface area (Å²) in [5.74, 6) is 0.692. The number of rotatable bonds is 6. The monoisotopic (exact) mass is 395 g/mol. The fraction of sp³-hybridized carbons (Fsp3) is 0.368. The van der Waals surface area contributed by atoms with Gasteiger partial charge in [0.2, 0.25) is 0 Å². The number of nitrogens with zero attached hydrogens (tertiary/aromatic N) is 3. The van der Waals surface area contributed by atoms with E-state index in [4.69, 9.17) is 16.3 Å². The molecule has 1 aliphatic heterocycles. The summed E-state index contributed by atoms with van der Waals surface area (Å²) in [6, 6.07) is 11.1. The Balaban J connectivity index is 0.00000243. The van der Waals surface area contributed by atoms with Crippen molar-refractivity contribution in [2.24, 2.45) is 0 Å². The van der Waals surface area contributed by atoms with E-state index in [9.17, 15) is 4.79 Å². The van der Waals surface area contributed by atoms with Gasteiger partial charge in [0, 0.05) is 50.1 Å². The van der Waals surface area contributed by atoms with Crippen LogP contribution in [0.15, 0.2) is 48.8 Å². The summed E-state index contributed by atoms with van der Waals surface area (Å²) in [6.45, 7) is 4.37. The molecule has 1 amide bonds. The molecule has 5 nitrogen and oxygen atoms in total. The normalized spacial score (nSPS) is 14.6. The maximum Gasteiger partial charge on any atom is 0.260 e. The molecule has 2 heterocycles. The number of halogens is 2. The van der Waals surface area contributed by atoms with Gasteiger partial charge in [0.25, 0.3) is 5.91 Å². The van der Waals surface area contributed by atoms with Crippen LogP contribution in [0.4, 0.5) is 0 Å². The van der Waals surface area contributed by atoms with Gasteiger partial charge < -0.3 is 9.64 Å². The van der Waals surface area contributed by atoms with E-state index in [1.807, 2.05) is 29.4 Å². The fourth-order valence-corrected chi connectivity index (χ4v) is 2.95. The maximum atomic E-state index is 12.3. The van der Waals surface area contributed by atoms with Crippen molar-refractivity contribution >= 4 is 29.9 Å². The van der Waals surface area contributed by atoms with E-state index in [2.05, 4.69) is 9.88 Å². The number of benzene rings is 1. The van der Waals surface area contributed by atoms with Crippen LogP contribution >= 0.6 is 24.0 Å². The summed E-state index contributed by atoms with van der Waals surface area (Å²) in [4.78, 5) is 20.6. The van der Waals surface area contributed by atoms with Crippen molar-refractivity contribution in [1.82, 2.24) is 14.8 Å². The Hall–Kier alpha value is -1.82. The van der Waals surface area contributed by atoms with E-state index in [-0.39, 0.29) is 24.9 Å². The minimum Gasteiger partial charge on any atom is -0.484 e. The Morgan fingerprint density at radius 2 is 1.69 bits per heavy atom. The number of ether oxygens (including phenoxy) is 1. The van der Waals surface area contributed by atoms with Crippen LogP contribution in [-0.2, 0) is 11.2 Å². The number of aromatic nitrogens is 1. The van der Waals surface area contributed by atoms with Gasteiger partial charge in [-0.2, -0.15) is 0 Å². The first-order valence-corrected chi connectivity index (χ1v) is 8.86. The lowest BCUT2D eigenvalue weighted by Crippen LogP contribution is -2.50. The number of hydrogen-bond donors (Lipinski definition) is 0. The van der Waals surface area contributed by atoms with Crippen molar-refractivity contribution in [1.29, 1.82) is 0 Å². The zero-order valence-corrected chi connectivity index (χ0v) is 16.1. The number of carbonyl (C=O) groups is 1. The average Bonchev–Trinajstić information content (AvgIpc) is 2.67. The first-order valence-electron chi connectivity index (χ1n) is 8.48. The van der Waals surface area contributed by atoms with Gasteiger partial charge in [0.05, 0.1) is 0 Å². The Kier molecular flexibility index (Phi) is 8.16. The van der Waals surface area contributed by atoms with E-state index in [1.165, 1.54) is 5.56 Å². The molecule has 26 heavy (non-hydrogen) atoms. The molecule has 0 N–H and O–H groups in total. The van der Waals surface area contributed by atoms with Crippen LogP contribution in [0, 0.1) is 0 Å². The standard InChI is InChI=1S/C19H22ClN3O2.ClH/c20-17-1-3-18(4-2-17)25-15-19(24)23-13-11-22(12-14-23)10-7-16-5-8-21-9-6-16;/h1-6,8-9H,7,10-15H2;1H. The Morgan fingerprint density at radius 3 is 2.35 bits per heavy atom. The topological polar surface area (TPSA) is 45.7 Å². The number of carbonyl (C=O) groups excluding carboxylic acids is 1. The molecular formula is C19H23Cl2N3O2. The third-order valence-electron chi connectivity index (χ3n) is 4.37. The molecule has 7 heteroatoms. The van der Waals surface area contributed by atoms with E-state index in [0.717, 1.165) is 39.1 Å². The summed E-state index contributed by atoms with van der Waals surface area (Å²) in [7, 11) is 0. The van der Waals surface area contributed by atoms with E-state index >= 15 is 0 Å². The van der Waals surface area contributed by atoms with Gasteiger partial charge in [-0.1, -0.05) is 11.6 Å². The molecule has 2 aromatic rings. The first-order chi connectivity index (χ1) is 12.2. The maximum absolute atomic E-state index is 12.3. The molecule has 0 radical (unpaired) electrons. The molecule has 0 unspecified atom stereocenters. The SMILES string of the molecule is Cl.O=C(COc1ccc(Cl)cc1)N1CCN(CCc2ccncc2)CC1. The lowest BCUT2D eigenvalue weighted by atomic mass is 10.2. The number of piperazine rings is 1. The van der Waals surface area contributed by atoms with Gasteiger partial charge in [-0.3, -0.25) is 14.7 Å². The summed E-state index contributed by atoms with van der Waals surface area (Å²) in [6.07, 6.45) is 4.66. The van der Waals surface area contributed by atoms with Crippen molar-refractivity contribution in [2.45, 2.75) is 6.42 Å². The number of hydrogen-bond acceptors (Lipinski definition) is 4. The molecule has 0 saturated carbocycles.